The number of hydrogen-bond donors (Lipinski definition) is 0. The van der Waals surface area contributed by atoms with Gasteiger partial charge in [0, 0.05) is 24.4 Å². The van der Waals surface area contributed by atoms with Crippen molar-refractivity contribution < 1.29 is 4.79 Å². The van der Waals surface area contributed by atoms with Crippen LogP contribution in [-0.4, -0.2) is 43.5 Å². The summed E-state index contributed by atoms with van der Waals surface area (Å²) in [5.41, 5.74) is 4.35. The third-order valence-electron chi connectivity index (χ3n) is 6.40. The van der Waals surface area contributed by atoms with Gasteiger partial charge in [-0.05, 0) is 69.2 Å². The summed E-state index contributed by atoms with van der Waals surface area (Å²) in [6, 6.07) is 6.07. The van der Waals surface area contributed by atoms with E-state index in [1.165, 1.54) is 10.2 Å². The summed E-state index contributed by atoms with van der Waals surface area (Å²) >= 11 is 0. The number of nitrogens with zero attached hydrogens (tertiary/aromatic N) is 5. The molecule has 3 aromatic rings. The first kappa shape index (κ1) is 19.0. The van der Waals surface area contributed by atoms with Gasteiger partial charge >= 0.3 is 0 Å². The number of carbonyl (C=O) groups is 1. The number of likely N-dealkylation sites (tertiary alicyclic amines) is 1. The van der Waals surface area contributed by atoms with Crippen molar-refractivity contribution in [3.63, 3.8) is 0 Å². The Bertz CT molecular complexity index is 1180. The molecule has 1 aliphatic heterocycles. The van der Waals surface area contributed by atoms with Gasteiger partial charge in [0.25, 0.3) is 5.56 Å². The van der Waals surface area contributed by atoms with E-state index in [9.17, 15) is 9.59 Å². The molecule has 1 saturated heterocycles. The molecule has 0 bridgehead atoms. The smallest absolute Gasteiger partial charge is 0.293 e. The summed E-state index contributed by atoms with van der Waals surface area (Å²) in [5.74, 6) is 0.324. The molecule has 0 unspecified atom stereocenters. The van der Waals surface area contributed by atoms with Crippen LogP contribution in [-0.2, 0) is 11.3 Å². The number of benzene rings is 1. The van der Waals surface area contributed by atoms with Crippen molar-refractivity contribution in [1.29, 1.82) is 0 Å². The van der Waals surface area contributed by atoms with Crippen LogP contribution in [0, 0.1) is 13.8 Å². The average Bonchev–Trinajstić information content (AvgIpc) is 3.50. The molecule has 0 radical (unpaired) electrons. The van der Waals surface area contributed by atoms with Gasteiger partial charge in [-0.15, -0.1) is 0 Å². The molecule has 3 heterocycles. The van der Waals surface area contributed by atoms with Crippen molar-refractivity contribution in [2.24, 2.45) is 0 Å². The fourth-order valence-electron chi connectivity index (χ4n) is 4.28. The highest BCUT2D eigenvalue weighted by Gasteiger charge is 2.31. The van der Waals surface area contributed by atoms with Gasteiger partial charge in [-0.25, -0.2) is 9.36 Å². The minimum Gasteiger partial charge on any atom is -0.341 e. The van der Waals surface area contributed by atoms with Crippen LogP contribution >= 0.6 is 0 Å². The molecule has 1 amide bonds. The van der Waals surface area contributed by atoms with E-state index in [-0.39, 0.29) is 18.0 Å². The molecule has 156 valence electrons. The quantitative estimate of drug-likeness (QED) is 0.669. The summed E-state index contributed by atoms with van der Waals surface area (Å²) in [5, 5.41) is 9.99. The molecule has 2 aliphatic rings. The first-order valence-electron chi connectivity index (χ1n) is 10.9. The van der Waals surface area contributed by atoms with Crippen LogP contribution in [0.25, 0.3) is 16.6 Å². The molecule has 1 aliphatic carbocycles. The van der Waals surface area contributed by atoms with Crippen molar-refractivity contribution >= 4 is 16.8 Å². The lowest BCUT2D eigenvalue weighted by atomic mass is 10.1. The molecular formula is C23H27N5O2. The monoisotopic (exact) mass is 405 g/mol. The van der Waals surface area contributed by atoms with E-state index in [4.69, 9.17) is 0 Å². The second-order valence-corrected chi connectivity index (χ2v) is 8.65. The zero-order valence-corrected chi connectivity index (χ0v) is 17.6. The first-order valence-corrected chi connectivity index (χ1v) is 10.9. The molecule has 5 rings (SSSR count). The van der Waals surface area contributed by atoms with Gasteiger partial charge in [0.15, 0.2) is 0 Å². The summed E-state index contributed by atoms with van der Waals surface area (Å²) in [7, 11) is 0. The maximum atomic E-state index is 13.4. The minimum atomic E-state index is -0.254. The maximum absolute atomic E-state index is 13.4. The lowest BCUT2D eigenvalue weighted by Gasteiger charge is -2.26. The molecule has 1 aromatic carbocycles. The first-order chi connectivity index (χ1) is 14.5. The second kappa shape index (κ2) is 7.38. The normalized spacial score (nSPS) is 16.9. The SMILES string of the molecule is Cc1ccc(-n2ncc3c(C4CC4)nn(CC(=O)N4CCCCC4)c(=O)c32)cc1C. The van der Waals surface area contributed by atoms with E-state index >= 15 is 0 Å². The number of hydrogen-bond acceptors (Lipinski definition) is 4. The Labute approximate surface area is 175 Å². The number of aryl methyl sites for hydroxylation is 2. The topological polar surface area (TPSA) is 73.0 Å². The highest BCUT2D eigenvalue weighted by atomic mass is 16.2. The fraction of sp³-hybridized carbons (Fsp3) is 0.478. The highest BCUT2D eigenvalue weighted by molar-refractivity contribution is 5.83. The van der Waals surface area contributed by atoms with Gasteiger partial charge in [-0.2, -0.15) is 10.2 Å². The molecule has 1 saturated carbocycles. The Morgan fingerprint density at radius 2 is 1.87 bits per heavy atom. The molecule has 0 atom stereocenters. The Kier molecular flexibility index (Phi) is 4.68. The van der Waals surface area contributed by atoms with Crippen LogP contribution in [0.3, 0.4) is 0 Å². The lowest BCUT2D eigenvalue weighted by Crippen LogP contribution is -2.40. The van der Waals surface area contributed by atoms with Crippen molar-refractivity contribution in [1.82, 2.24) is 24.5 Å². The highest BCUT2D eigenvalue weighted by Crippen LogP contribution is 2.41. The van der Waals surface area contributed by atoms with E-state index in [0.29, 0.717) is 11.4 Å². The molecule has 7 nitrogen and oxygen atoms in total. The molecule has 0 spiro atoms. The Morgan fingerprint density at radius 1 is 1.10 bits per heavy atom. The molecular weight excluding hydrogens is 378 g/mol. The Hall–Kier alpha value is -2.96. The second-order valence-electron chi connectivity index (χ2n) is 8.65. The largest absolute Gasteiger partial charge is 0.341 e. The van der Waals surface area contributed by atoms with Crippen LogP contribution in [0.2, 0.25) is 0 Å². The van der Waals surface area contributed by atoms with Crippen LogP contribution in [0.5, 0.6) is 0 Å². The molecule has 7 heteroatoms. The van der Waals surface area contributed by atoms with Crippen LogP contribution in [0.1, 0.15) is 54.8 Å². The van der Waals surface area contributed by atoms with Gasteiger partial charge < -0.3 is 4.90 Å². The number of piperidine rings is 1. The summed E-state index contributed by atoms with van der Waals surface area (Å²) in [6.07, 6.45) is 7.10. The van der Waals surface area contributed by atoms with Crippen LogP contribution in [0.4, 0.5) is 0 Å². The van der Waals surface area contributed by atoms with Crippen LogP contribution in [0.15, 0.2) is 29.2 Å². The Balaban J connectivity index is 1.61. The van der Waals surface area contributed by atoms with Gasteiger partial charge in [0.1, 0.15) is 12.1 Å². The van der Waals surface area contributed by atoms with Gasteiger partial charge in [-0.3, -0.25) is 9.59 Å². The zero-order chi connectivity index (χ0) is 20.8. The minimum absolute atomic E-state index is 0.00734. The fourth-order valence-corrected chi connectivity index (χ4v) is 4.28. The summed E-state index contributed by atoms with van der Waals surface area (Å²) < 4.78 is 3.08. The average molecular weight is 406 g/mol. The number of carbonyl (C=O) groups excluding carboxylic acids is 1. The van der Waals surface area contributed by atoms with Crippen molar-refractivity contribution in [2.75, 3.05) is 13.1 Å². The van der Waals surface area contributed by atoms with Gasteiger partial charge in [-0.1, -0.05) is 6.07 Å². The van der Waals surface area contributed by atoms with E-state index in [1.54, 1.807) is 10.9 Å². The predicted molar refractivity (Wildman–Crippen MR) is 115 cm³/mol. The van der Waals surface area contributed by atoms with Gasteiger partial charge in [0.2, 0.25) is 5.91 Å². The molecule has 30 heavy (non-hydrogen) atoms. The summed E-state index contributed by atoms with van der Waals surface area (Å²) in [4.78, 5) is 28.1. The third kappa shape index (κ3) is 3.32. The van der Waals surface area contributed by atoms with E-state index < -0.39 is 0 Å². The zero-order valence-electron chi connectivity index (χ0n) is 17.6. The van der Waals surface area contributed by atoms with Crippen molar-refractivity contribution in [3.8, 4) is 5.69 Å². The maximum Gasteiger partial charge on any atom is 0.293 e. The van der Waals surface area contributed by atoms with E-state index in [0.717, 1.165) is 67.5 Å². The molecule has 2 aromatic heterocycles. The van der Waals surface area contributed by atoms with Crippen LogP contribution < -0.4 is 5.56 Å². The molecule has 2 fully saturated rings. The predicted octanol–water partition coefficient (Wildman–Crippen LogP) is 3.09. The van der Waals surface area contributed by atoms with E-state index in [1.807, 2.05) is 23.1 Å². The van der Waals surface area contributed by atoms with Crippen molar-refractivity contribution in [3.05, 3.63) is 51.6 Å². The lowest BCUT2D eigenvalue weighted by molar-refractivity contribution is -0.133. The third-order valence-corrected chi connectivity index (χ3v) is 6.40. The standard InChI is InChI=1S/C23H27N5O2/c1-15-6-9-18(12-16(15)2)28-22-19(13-24-28)21(17-7-8-17)25-27(23(22)30)14-20(29)26-10-4-3-5-11-26/h6,9,12-13,17H,3-5,7-8,10-11,14H2,1-2H3. The van der Waals surface area contributed by atoms with Crippen molar-refractivity contribution in [2.45, 2.75) is 58.4 Å². The Morgan fingerprint density at radius 3 is 2.57 bits per heavy atom. The molecule has 0 N–H and O–H groups in total. The number of aromatic nitrogens is 4. The number of rotatable bonds is 4. The van der Waals surface area contributed by atoms with E-state index in [2.05, 4.69) is 24.0 Å². The van der Waals surface area contributed by atoms with Gasteiger partial charge in [0.05, 0.1) is 17.6 Å². The number of fused-ring (bicyclic) bond motifs is 1. The summed E-state index contributed by atoms with van der Waals surface area (Å²) in [6.45, 7) is 5.65. The number of amides is 1.